The van der Waals surface area contributed by atoms with Gasteiger partial charge in [0, 0.05) is 0 Å². The van der Waals surface area contributed by atoms with Crippen LogP contribution < -0.4 is 14.8 Å². The zero-order valence-corrected chi connectivity index (χ0v) is 21.0. The molecule has 3 aromatic carbocycles. The van der Waals surface area contributed by atoms with Crippen LogP contribution in [0.25, 0.3) is 0 Å². The predicted molar refractivity (Wildman–Crippen MR) is 132 cm³/mol. The first-order chi connectivity index (χ1) is 16.9. The van der Waals surface area contributed by atoms with E-state index >= 15 is 0 Å². The number of rotatable bonds is 9. The first kappa shape index (κ1) is 27.5. The van der Waals surface area contributed by atoms with Gasteiger partial charge in [-0.25, -0.2) is 8.42 Å². The fourth-order valence-corrected chi connectivity index (χ4v) is 4.86. The van der Waals surface area contributed by atoms with Gasteiger partial charge in [-0.05, 0) is 67.8 Å². The second-order valence-corrected chi connectivity index (χ2v) is 10.0. The lowest BCUT2D eigenvalue weighted by molar-refractivity contribution is -0.137. The van der Waals surface area contributed by atoms with Gasteiger partial charge in [0.2, 0.25) is 15.9 Å². The van der Waals surface area contributed by atoms with E-state index < -0.39 is 33.7 Å². The number of hydrogen-bond donors (Lipinski definition) is 2. The molecule has 0 heterocycles. The van der Waals surface area contributed by atoms with Crippen LogP contribution in [0, 0.1) is 6.92 Å². The highest BCUT2D eigenvalue weighted by molar-refractivity contribution is 7.89. The molecule has 0 bridgehead atoms. The Balaban J connectivity index is 1.92. The highest BCUT2D eigenvalue weighted by atomic mass is 35.5. The molecule has 0 fully saturated rings. The molecule has 2 N–H and O–H groups in total. The van der Waals surface area contributed by atoms with Crippen molar-refractivity contribution in [2.24, 2.45) is 0 Å². The third-order valence-electron chi connectivity index (χ3n) is 5.20. The lowest BCUT2D eigenvalue weighted by Crippen LogP contribution is -2.45. The van der Waals surface area contributed by atoms with Crippen LogP contribution in [0.1, 0.15) is 23.6 Å². The molecule has 0 aliphatic carbocycles. The standard InChI is InChI=1S/C25H24ClF3N2O4S/c1-3-35-23-12-10-19(13-16(23)2)36(33,34)31-22(14-17-7-5-4-6-8-17)24(32)30-21-15-18(25(27,28)29)9-11-20(21)26/h4-13,15,22,31H,3,14H2,1-2H3,(H,30,32)/t22-/m0/s1. The monoisotopic (exact) mass is 540 g/mol. The van der Waals surface area contributed by atoms with Gasteiger partial charge in [0.15, 0.2) is 0 Å². The lowest BCUT2D eigenvalue weighted by atomic mass is 10.1. The SMILES string of the molecule is CCOc1ccc(S(=O)(=O)N[C@@H](Cc2ccccc2)C(=O)Nc2cc(C(F)(F)F)ccc2Cl)cc1C. The van der Waals surface area contributed by atoms with E-state index in [9.17, 15) is 26.4 Å². The zero-order chi connectivity index (χ0) is 26.5. The predicted octanol–water partition coefficient (Wildman–Crippen LogP) is 5.59. The van der Waals surface area contributed by atoms with E-state index in [1.165, 1.54) is 18.2 Å². The number of alkyl halides is 3. The number of nitrogens with one attached hydrogen (secondary N) is 2. The fraction of sp³-hybridized carbons (Fsp3) is 0.240. The van der Waals surface area contributed by atoms with Gasteiger partial charge < -0.3 is 10.1 Å². The maximum atomic E-state index is 13.2. The zero-order valence-electron chi connectivity index (χ0n) is 19.4. The molecule has 0 saturated heterocycles. The highest BCUT2D eigenvalue weighted by Gasteiger charge is 2.32. The van der Waals surface area contributed by atoms with Crippen molar-refractivity contribution in [3.8, 4) is 5.75 Å². The summed E-state index contributed by atoms with van der Waals surface area (Å²) in [6.07, 6.45) is -4.71. The summed E-state index contributed by atoms with van der Waals surface area (Å²) in [4.78, 5) is 13.1. The third kappa shape index (κ3) is 6.99. The Labute approximate surface area is 212 Å². The van der Waals surface area contributed by atoms with Gasteiger partial charge in [-0.2, -0.15) is 17.9 Å². The molecule has 0 saturated carbocycles. The first-order valence-electron chi connectivity index (χ1n) is 10.9. The Morgan fingerprint density at radius 3 is 2.36 bits per heavy atom. The minimum absolute atomic E-state index is 0.0570. The topological polar surface area (TPSA) is 84.5 Å². The fourth-order valence-electron chi connectivity index (χ4n) is 3.42. The van der Waals surface area contributed by atoms with E-state index in [-0.39, 0.29) is 22.0 Å². The van der Waals surface area contributed by atoms with Gasteiger partial charge in [0.05, 0.1) is 27.8 Å². The molecule has 0 unspecified atom stereocenters. The molecular weight excluding hydrogens is 517 g/mol. The van der Waals surface area contributed by atoms with Gasteiger partial charge >= 0.3 is 6.18 Å². The summed E-state index contributed by atoms with van der Waals surface area (Å²) in [5.41, 5.74) is -0.0733. The molecule has 0 spiro atoms. The summed E-state index contributed by atoms with van der Waals surface area (Å²) in [6, 6.07) is 14.0. The van der Waals surface area contributed by atoms with Crippen LogP contribution in [-0.4, -0.2) is 27.0 Å². The largest absolute Gasteiger partial charge is 0.494 e. The second kappa shape index (κ2) is 11.3. The Morgan fingerprint density at radius 2 is 1.75 bits per heavy atom. The van der Waals surface area contributed by atoms with Crippen LogP contribution in [0.2, 0.25) is 5.02 Å². The van der Waals surface area contributed by atoms with Gasteiger partial charge in [-0.3, -0.25) is 4.79 Å². The van der Waals surface area contributed by atoms with Crippen molar-refractivity contribution < 1.29 is 31.1 Å². The third-order valence-corrected chi connectivity index (χ3v) is 7.00. The van der Waals surface area contributed by atoms with Crippen LogP contribution in [0.4, 0.5) is 18.9 Å². The molecule has 1 atom stereocenters. The van der Waals surface area contributed by atoms with Crippen LogP contribution in [-0.2, 0) is 27.4 Å². The van der Waals surface area contributed by atoms with Gasteiger partial charge in [-0.1, -0.05) is 41.9 Å². The smallest absolute Gasteiger partial charge is 0.416 e. The Bertz CT molecular complexity index is 1330. The number of sulfonamides is 1. The van der Waals surface area contributed by atoms with Crippen LogP contribution in [0.3, 0.4) is 0 Å². The highest BCUT2D eigenvalue weighted by Crippen LogP contribution is 2.34. The van der Waals surface area contributed by atoms with Gasteiger partial charge in [0.25, 0.3) is 0 Å². The van der Waals surface area contributed by atoms with Crippen molar-refractivity contribution in [2.75, 3.05) is 11.9 Å². The molecule has 6 nitrogen and oxygen atoms in total. The van der Waals surface area contributed by atoms with Gasteiger partial charge in [0.1, 0.15) is 11.8 Å². The Morgan fingerprint density at radius 1 is 1.06 bits per heavy atom. The molecule has 0 aliphatic heterocycles. The molecule has 0 aromatic heterocycles. The molecule has 11 heteroatoms. The van der Waals surface area contributed by atoms with Crippen molar-refractivity contribution in [2.45, 2.75) is 37.4 Å². The minimum atomic E-state index is -4.65. The van der Waals surface area contributed by atoms with Gasteiger partial charge in [-0.15, -0.1) is 0 Å². The number of amides is 1. The summed E-state index contributed by atoms with van der Waals surface area (Å²) < 4.78 is 73.6. The second-order valence-electron chi connectivity index (χ2n) is 7.91. The van der Waals surface area contributed by atoms with Crippen molar-refractivity contribution in [3.05, 3.63) is 88.4 Å². The molecule has 36 heavy (non-hydrogen) atoms. The van der Waals surface area contributed by atoms with Crippen molar-refractivity contribution in [1.29, 1.82) is 0 Å². The molecule has 3 aromatic rings. The number of ether oxygens (including phenoxy) is 1. The molecule has 3 rings (SSSR count). The van der Waals surface area contributed by atoms with E-state index in [1.807, 2.05) is 0 Å². The number of benzene rings is 3. The number of aryl methyl sites for hydroxylation is 1. The normalized spacial score (nSPS) is 12.7. The maximum absolute atomic E-state index is 13.2. The number of hydrogen-bond acceptors (Lipinski definition) is 4. The van der Waals surface area contributed by atoms with E-state index in [1.54, 1.807) is 44.2 Å². The summed E-state index contributed by atoms with van der Waals surface area (Å²) in [5.74, 6) is -0.347. The Kier molecular flexibility index (Phi) is 8.65. The lowest BCUT2D eigenvalue weighted by Gasteiger charge is -2.20. The number of halogens is 4. The minimum Gasteiger partial charge on any atom is -0.494 e. The van der Waals surface area contributed by atoms with Crippen molar-refractivity contribution in [1.82, 2.24) is 4.72 Å². The van der Waals surface area contributed by atoms with E-state index in [0.29, 0.717) is 29.5 Å². The first-order valence-corrected chi connectivity index (χ1v) is 12.7. The summed E-state index contributed by atoms with van der Waals surface area (Å²) in [5, 5.41) is 2.21. The van der Waals surface area contributed by atoms with Crippen LogP contribution in [0.5, 0.6) is 5.75 Å². The van der Waals surface area contributed by atoms with Crippen LogP contribution >= 0.6 is 11.6 Å². The molecule has 1 amide bonds. The average Bonchev–Trinajstić information content (AvgIpc) is 2.81. The summed E-state index contributed by atoms with van der Waals surface area (Å²) >= 11 is 6.01. The summed E-state index contributed by atoms with van der Waals surface area (Å²) in [7, 11) is -4.19. The maximum Gasteiger partial charge on any atom is 0.416 e. The number of carbonyl (C=O) groups excluding carboxylic acids is 1. The summed E-state index contributed by atoms with van der Waals surface area (Å²) in [6.45, 7) is 3.89. The number of anilines is 1. The quantitative estimate of drug-likeness (QED) is 0.370. The molecule has 0 aliphatic rings. The van der Waals surface area contributed by atoms with Crippen molar-refractivity contribution in [3.63, 3.8) is 0 Å². The molecular formula is C25H24ClF3N2O4S. The van der Waals surface area contributed by atoms with E-state index in [0.717, 1.165) is 12.1 Å². The van der Waals surface area contributed by atoms with Crippen molar-refractivity contribution >= 4 is 33.2 Å². The van der Waals surface area contributed by atoms with E-state index in [4.69, 9.17) is 16.3 Å². The molecule has 192 valence electrons. The van der Waals surface area contributed by atoms with E-state index in [2.05, 4.69) is 10.0 Å². The number of carbonyl (C=O) groups is 1. The average molecular weight is 541 g/mol. The molecule has 0 radical (unpaired) electrons. The Hall–Kier alpha value is -3.08. The van der Waals surface area contributed by atoms with Crippen LogP contribution in [0.15, 0.2) is 71.6 Å².